The third kappa shape index (κ3) is 7.62. The second-order valence-corrected chi connectivity index (χ2v) is 5.44. The van der Waals surface area contributed by atoms with Crippen LogP contribution in [-0.4, -0.2) is 12.5 Å². The molecule has 0 aliphatic carbocycles. The molecular formula is C16H26N2O. The number of carbonyl (C=O) groups is 1. The van der Waals surface area contributed by atoms with Gasteiger partial charge in [-0.15, -0.1) is 0 Å². The van der Waals surface area contributed by atoms with Crippen molar-refractivity contribution >= 4 is 11.6 Å². The number of nitrogens with one attached hydrogen (secondary N) is 2. The fourth-order valence-corrected chi connectivity index (χ4v) is 1.94. The molecule has 1 aromatic carbocycles. The van der Waals surface area contributed by atoms with Gasteiger partial charge in [0.25, 0.3) is 0 Å². The summed E-state index contributed by atoms with van der Waals surface area (Å²) in [6, 6.07) is 7.98. The van der Waals surface area contributed by atoms with E-state index in [0.29, 0.717) is 0 Å². The predicted octanol–water partition coefficient (Wildman–Crippen LogP) is 3.56. The van der Waals surface area contributed by atoms with E-state index >= 15 is 0 Å². The van der Waals surface area contributed by atoms with Crippen LogP contribution >= 0.6 is 0 Å². The Morgan fingerprint density at radius 2 is 1.84 bits per heavy atom. The highest BCUT2D eigenvalue weighted by atomic mass is 16.1. The first-order chi connectivity index (χ1) is 9.08. The highest BCUT2D eigenvalue weighted by Crippen LogP contribution is 2.09. The van der Waals surface area contributed by atoms with E-state index in [1.807, 2.05) is 24.3 Å². The van der Waals surface area contributed by atoms with Crippen molar-refractivity contribution < 1.29 is 4.79 Å². The molecule has 1 amide bonds. The summed E-state index contributed by atoms with van der Waals surface area (Å²) in [5, 5.41) is 6.22. The fraction of sp³-hybridized carbons (Fsp3) is 0.562. The molecule has 0 spiro atoms. The normalized spacial score (nSPS) is 10.7. The highest BCUT2D eigenvalue weighted by Gasteiger charge is 1.97. The largest absolute Gasteiger partial charge is 0.326 e. The number of carbonyl (C=O) groups excluding carboxylic acids is 1. The van der Waals surface area contributed by atoms with Crippen LogP contribution in [0.5, 0.6) is 0 Å². The van der Waals surface area contributed by atoms with E-state index in [4.69, 9.17) is 0 Å². The van der Waals surface area contributed by atoms with E-state index in [0.717, 1.165) is 24.7 Å². The molecule has 0 saturated heterocycles. The van der Waals surface area contributed by atoms with E-state index in [1.165, 1.54) is 31.7 Å². The number of anilines is 1. The van der Waals surface area contributed by atoms with Gasteiger partial charge in [0.1, 0.15) is 0 Å². The van der Waals surface area contributed by atoms with E-state index in [2.05, 4.69) is 24.5 Å². The van der Waals surface area contributed by atoms with Gasteiger partial charge in [0.2, 0.25) is 5.91 Å². The molecule has 0 heterocycles. The summed E-state index contributed by atoms with van der Waals surface area (Å²) in [5.74, 6) is 0.775. The van der Waals surface area contributed by atoms with Crippen LogP contribution in [0, 0.1) is 5.92 Å². The fourth-order valence-electron chi connectivity index (χ4n) is 1.94. The lowest BCUT2D eigenvalue weighted by Crippen LogP contribution is -2.14. The van der Waals surface area contributed by atoms with E-state index < -0.39 is 0 Å². The lowest BCUT2D eigenvalue weighted by atomic mass is 10.1. The molecule has 1 rings (SSSR count). The first kappa shape index (κ1) is 15.7. The summed E-state index contributed by atoms with van der Waals surface area (Å²) in [7, 11) is 0. The molecule has 0 aliphatic rings. The zero-order valence-corrected chi connectivity index (χ0v) is 12.3. The van der Waals surface area contributed by atoms with Crippen LogP contribution in [0.4, 0.5) is 5.69 Å². The van der Waals surface area contributed by atoms with Crippen molar-refractivity contribution in [2.45, 2.75) is 46.6 Å². The molecule has 0 bridgehead atoms. The second kappa shape index (κ2) is 8.70. The third-order valence-corrected chi connectivity index (χ3v) is 2.99. The van der Waals surface area contributed by atoms with Crippen LogP contribution in [0.2, 0.25) is 0 Å². The smallest absolute Gasteiger partial charge is 0.221 e. The summed E-state index contributed by atoms with van der Waals surface area (Å²) < 4.78 is 0. The Labute approximate surface area is 116 Å². The maximum atomic E-state index is 10.9. The summed E-state index contributed by atoms with van der Waals surface area (Å²) in [5.41, 5.74) is 2.10. The maximum absolute atomic E-state index is 10.9. The van der Waals surface area contributed by atoms with Gasteiger partial charge in [-0.2, -0.15) is 0 Å². The minimum absolute atomic E-state index is 0.0315. The lowest BCUT2D eigenvalue weighted by Gasteiger charge is -2.07. The molecule has 0 radical (unpaired) electrons. The second-order valence-electron chi connectivity index (χ2n) is 5.44. The SMILES string of the molecule is CC(=O)Nc1ccc(CNCCCCC(C)C)cc1. The molecule has 3 heteroatoms. The molecule has 0 aliphatic heterocycles. The van der Waals surface area contributed by atoms with Gasteiger partial charge in [-0.05, 0) is 36.6 Å². The van der Waals surface area contributed by atoms with Gasteiger partial charge in [0.05, 0.1) is 0 Å². The maximum Gasteiger partial charge on any atom is 0.221 e. The third-order valence-electron chi connectivity index (χ3n) is 2.99. The van der Waals surface area contributed by atoms with Crippen molar-refractivity contribution in [1.29, 1.82) is 0 Å². The van der Waals surface area contributed by atoms with Crippen molar-refractivity contribution in [3.63, 3.8) is 0 Å². The average Bonchev–Trinajstić information content (AvgIpc) is 2.34. The number of unbranched alkanes of at least 4 members (excludes halogenated alkanes) is 1. The topological polar surface area (TPSA) is 41.1 Å². The zero-order valence-electron chi connectivity index (χ0n) is 12.3. The quantitative estimate of drug-likeness (QED) is 0.703. The van der Waals surface area contributed by atoms with Crippen LogP contribution < -0.4 is 10.6 Å². The van der Waals surface area contributed by atoms with Crippen molar-refractivity contribution in [1.82, 2.24) is 5.32 Å². The summed E-state index contributed by atoms with van der Waals surface area (Å²) >= 11 is 0. The van der Waals surface area contributed by atoms with Crippen LogP contribution in [-0.2, 0) is 11.3 Å². The standard InChI is InChI=1S/C16H26N2O/c1-13(2)6-4-5-11-17-12-15-7-9-16(10-8-15)18-14(3)19/h7-10,13,17H,4-6,11-12H2,1-3H3,(H,18,19). The summed E-state index contributed by atoms with van der Waals surface area (Å²) in [6.45, 7) is 8.02. The van der Waals surface area contributed by atoms with Crippen LogP contribution in [0.15, 0.2) is 24.3 Å². The molecule has 0 fully saturated rings. The predicted molar refractivity (Wildman–Crippen MR) is 81.1 cm³/mol. The Morgan fingerprint density at radius 1 is 1.16 bits per heavy atom. The number of amides is 1. The monoisotopic (exact) mass is 262 g/mol. The molecule has 0 saturated carbocycles. The number of rotatable bonds is 8. The Kier molecular flexibility index (Phi) is 7.19. The average molecular weight is 262 g/mol. The zero-order chi connectivity index (χ0) is 14.1. The minimum atomic E-state index is -0.0315. The summed E-state index contributed by atoms with van der Waals surface area (Å²) in [6.07, 6.45) is 3.85. The molecule has 19 heavy (non-hydrogen) atoms. The number of hydrogen-bond donors (Lipinski definition) is 2. The van der Waals surface area contributed by atoms with Gasteiger partial charge in [-0.25, -0.2) is 0 Å². The van der Waals surface area contributed by atoms with E-state index in [9.17, 15) is 4.79 Å². The Morgan fingerprint density at radius 3 is 2.42 bits per heavy atom. The van der Waals surface area contributed by atoms with Crippen LogP contribution in [0.25, 0.3) is 0 Å². The number of hydrogen-bond acceptors (Lipinski definition) is 2. The number of benzene rings is 1. The Balaban J connectivity index is 2.17. The van der Waals surface area contributed by atoms with Crippen molar-refractivity contribution in [2.24, 2.45) is 5.92 Å². The van der Waals surface area contributed by atoms with Gasteiger partial charge in [0.15, 0.2) is 0 Å². The highest BCUT2D eigenvalue weighted by molar-refractivity contribution is 5.88. The molecular weight excluding hydrogens is 236 g/mol. The lowest BCUT2D eigenvalue weighted by molar-refractivity contribution is -0.114. The van der Waals surface area contributed by atoms with Crippen molar-refractivity contribution in [3.8, 4) is 0 Å². The Bertz CT molecular complexity index is 371. The molecule has 0 unspecified atom stereocenters. The van der Waals surface area contributed by atoms with Crippen molar-refractivity contribution in [3.05, 3.63) is 29.8 Å². The van der Waals surface area contributed by atoms with E-state index in [-0.39, 0.29) is 5.91 Å². The van der Waals surface area contributed by atoms with Gasteiger partial charge in [-0.1, -0.05) is 38.8 Å². The van der Waals surface area contributed by atoms with Gasteiger partial charge in [-0.3, -0.25) is 4.79 Å². The molecule has 1 aromatic rings. The van der Waals surface area contributed by atoms with Gasteiger partial charge in [0, 0.05) is 19.2 Å². The first-order valence-electron chi connectivity index (χ1n) is 7.15. The van der Waals surface area contributed by atoms with Gasteiger partial charge < -0.3 is 10.6 Å². The summed E-state index contributed by atoms with van der Waals surface area (Å²) in [4.78, 5) is 10.9. The molecule has 106 valence electrons. The first-order valence-corrected chi connectivity index (χ1v) is 7.15. The molecule has 0 atom stereocenters. The van der Waals surface area contributed by atoms with Crippen LogP contribution in [0.1, 0.15) is 45.6 Å². The molecule has 3 nitrogen and oxygen atoms in total. The van der Waals surface area contributed by atoms with E-state index in [1.54, 1.807) is 0 Å². The minimum Gasteiger partial charge on any atom is -0.326 e. The Hall–Kier alpha value is -1.35. The molecule has 0 aromatic heterocycles. The van der Waals surface area contributed by atoms with Gasteiger partial charge >= 0.3 is 0 Å². The van der Waals surface area contributed by atoms with Crippen LogP contribution in [0.3, 0.4) is 0 Å². The molecule has 2 N–H and O–H groups in total. The van der Waals surface area contributed by atoms with Crippen molar-refractivity contribution in [2.75, 3.05) is 11.9 Å².